The number of nitrogens with zero attached hydrogens (tertiary/aromatic N) is 1. The minimum atomic E-state index is 0.988. The van der Waals surface area contributed by atoms with Crippen LogP contribution in [-0.4, -0.2) is 17.3 Å². The van der Waals surface area contributed by atoms with Crippen molar-refractivity contribution in [3.05, 3.63) is 33.5 Å². The summed E-state index contributed by atoms with van der Waals surface area (Å²) < 4.78 is 1.16. The van der Waals surface area contributed by atoms with E-state index >= 15 is 0 Å². The predicted octanol–water partition coefficient (Wildman–Crippen LogP) is 3.39. The lowest BCUT2D eigenvalue weighted by atomic mass is 10.3. The van der Waals surface area contributed by atoms with Gasteiger partial charge in [0.2, 0.25) is 0 Å². The fourth-order valence-electron chi connectivity index (χ4n) is 1.28. The third kappa shape index (κ3) is 3.59. The van der Waals surface area contributed by atoms with Gasteiger partial charge in [0.1, 0.15) is 4.34 Å². The Kier molecular flexibility index (Phi) is 4.84. The fraction of sp³-hybridized carbons (Fsp3) is 0.364. The van der Waals surface area contributed by atoms with Gasteiger partial charge in [-0.3, -0.25) is 0 Å². The Morgan fingerprint density at radius 1 is 1.38 bits per heavy atom. The zero-order valence-corrected chi connectivity index (χ0v) is 11.6. The average molecular weight is 270 g/mol. The summed E-state index contributed by atoms with van der Waals surface area (Å²) in [5, 5.41) is 7.63. The lowest BCUT2D eigenvalue weighted by Gasteiger charge is -2.02. The minimum absolute atomic E-state index is 0.988. The van der Waals surface area contributed by atoms with E-state index in [2.05, 4.69) is 28.7 Å². The summed E-state index contributed by atoms with van der Waals surface area (Å²) in [5.74, 6) is 1.08. The maximum atomic E-state index is 4.23. The number of thiazole rings is 1. The van der Waals surface area contributed by atoms with E-state index in [9.17, 15) is 0 Å². The van der Waals surface area contributed by atoms with Crippen molar-refractivity contribution in [2.45, 2.75) is 17.8 Å². The molecule has 2 nitrogen and oxygen atoms in total. The van der Waals surface area contributed by atoms with Crippen LogP contribution in [0.4, 0.5) is 0 Å². The summed E-state index contributed by atoms with van der Waals surface area (Å²) in [5.41, 5.74) is 1.39. The number of rotatable bonds is 6. The number of nitrogens with one attached hydrogen (secondary N) is 1. The molecule has 0 saturated carbocycles. The Balaban J connectivity index is 1.61. The molecule has 0 atom stereocenters. The second-order valence-corrected chi connectivity index (χ2v) is 6.59. The van der Waals surface area contributed by atoms with Gasteiger partial charge in [-0.15, -0.1) is 22.7 Å². The molecule has 86 valence electrons. The highest BCUT2D eigenvalue weighted by atomic mass is 32.2. The lowest BCUT2D eigenvalue weighted by molar-refractivity contribution is 0.738. The summed E-state index contributed by atoms with van der Waals surface area (Å²) in [6, 6.07) is 2.17. The van der Waals surface area contributed by atoms with Gasteiger partial charge in [0.15, 0.2) is 0 Å². The third-order valence-corrected chi connectivity index (χ3v) is 5.16. The molecule has 2 aromatic heterocycles. The molecular weight excluding hydrogens is 256 g/mol. The SMILES string of the molecule is Cc1ccsc1CNCCSc1nccs1. The fourth-order valence-corrected chi connectivity index (χ4v) is 3.76. The monoisotopic (exact) mass is 270 g/mol. The molecule has 0 aliphatic heterocycles. The van der Waals surface area contributed by atoms with Crippen LogP contribution in [0.15, 0.2) is 27.4 Å². The summed E-state index contributed by atoms with van der Waals surface area (Å²) in [4.78, 5) is 5.68. The van der Waals surface area contributed by atoms with Crippen molar-refractivity contribution < 1.29 is 0 Å². The van der Waals surface area contributed by atoms with Crippen LogP contribution in [0.2, 0.25) is 0 Å². The summed E-state index contributed by atoms with van der Waals surface area (Å²) in [6.07, 6.45) is 1.86. The quantitative estimate of drug-likeness (QED) is 0.643. The van der Waals surface area contributed by atoms with E-state index in [1.165, 1.54) is 10.4 Å². The molecule has 0 amide bonds. The van der Waals surface area contributed by atoms with Crippen molar-refractivity contribution in [3.8, 4) is 0 Å². The van der Waals surface area contributed by atoms with Crippen LogP contribution >= 0.6 is 34.4 Å². The van der Waals surface area contributed by atoms with Gasteiger partial charge in [-0.25, -0.2) is 4.98 Å². The third-order valence-electron chi connectivity index (χ3n) is 2.17. The zero-order chi connectivity index (χ0) is 11.2. The molecule has 1 N–H and O–H groups in total. The van der Waals surface area contributed by atoms with E-state index in [0.29, 0.717) is 0 Å². The van der Waals surface area contributed by atoms with E-state index < -0.39 is 0 Å². The van der Waals surface area contributed by atoms with Gasteiger partial charge < -0.3 is 5.32 Å². The maximum Gasteiger partial charge on any atom is 0.149 e. The van der Waals surface area contributed by atoms with E-state index in [0.717, 1.165) is 23.2 Å². The number of aromatic nitrogens is 1. The Morgan fingerprint density at radius 3 is 3.00 bits per heavy atom. The Hall–Kier alpha value is -0.360. The molecule has 0 unspecified atom stereocenters. The van der Waals surface area contributed by atoms with Crippen LogP contribution in [-0.2, 0) is 6.54 Å². The van der Waals surface area contributed by atoms with Gasteiger partial charge >= 0.3 is 0 Å². The second-order valence-electron chi connectivity index (χ2n) is 3.35. The van der Waals surface area contributed by atoms with Gasteiger partial charge in [-0.05, 0) is 23.9 Å². The van der Waals surface area contributed by atoms with Crippen LogP contribution in [0.3, 0.4) is 0 Å². The summed E-state index contributed by atoms with van der Waals surface area (Å²) >= 11 is 5.35. The molecule has 16 heavy (non-hydrogen) atoms. The Morgan fingerprint density at radius 2 is 2.31 bits per heavy atom. The molecule has 0 fully saturated rings. The van der Waals surface area contributed by atoms with Gasteiger partial charge in [0.25, 0.3) is 0 Å². The van der Waals surface area contributed by atoms with Crippen LogP contribution in [0.25, 0.3) is 0 Å². The maximum absolute atomic E-state index is 4.23. The smallest absolute Gasteiger partial charge is 0.149 e. The largest absolute Gasteiger partial charge is 0.311 e. The zero-order valence-electron chi connectivity index (χ0n) is 9.10. The van der Waals surface area contributed by atoms with Gasteiger partial charge in [-0.2, -0.15) is 0 Å². The highest BCUT2D eigenvalue weighted by Crippen LogP contribution is 2.19. The number of hydrogen-bond acceptors (Lipinski definition) is 5. The summed E-state index contributed by atoms with van der Waals surface area (Å²) in [6.45, 7) is 4.18. The molecule has 2 aromatic rings. The van der Waals surface area contributed by atoms with Crippen LogP contribution < -0.4 is 5.32 Å². The van der Waals surface area contributed by atoms with Crippen molar-refractivity contribution in [3.63, 3.8) is 0 Å². The molecule has 0 aliphatic carbocycles. The molecule has 2 heterocycles. The average Bonchev–Trinajstić information content (AvgIpc) is 2.90. The second kappa shape index (κ2) is 6.39. The predicted molar refractivity (Wildman–Crippen MR) is 73.6 cm³/mol. The first-order chi connectivity index (χ1) is 7.86. The van der Waals surface area contributed by atoms with Crippen LogP contribution in [0, 0.1) is 6.92 Å². The first-order valence-electron chi connectivity index (χ1n) is 5.12. The van der Waals surface area contributed by atoms with Gasteiger partial charge in [-0.1, -0.05) is 11.8 Å². The first-order valence-corrected chi connectivity index (χ1v) is 7.87. The highest BCUT2D eigenvalue weighted by molar-refractivity contribution is 8.01. The van der Waals surface area contributed by atoms with Crippen molar-refractivity contribution in [1.29, 1.82) is 0 Å². The molecular formula is C11H14N2S3. The van der Waals surface area contributed by atoms with Gasteiger partial charge in [0, 0.05) is 35.3 Å². The molecule has 0 spiro atoms. The number of thiophene rings is 1. The highest BCUT2D eigenvalue weighted by Gasteiger charge is 1.99. The number of hydrogen-bond donors (Lipinski definition) is 1. The normalized spacial score (nSPS) is 10.8. The topological polar surface area (TPSA) is 24.9 Å². The van der Waals surface area contributed by atoms with Crippen molar-refractivity contribution in [2.75, 3.05) is 12.3 Å². The van der Waals surface area contributed by atoms with Crippen molar-refractivity contribution in [2.24, 2.45) is 0 Å². The van der Waals surface area contributed by atoms with Crippen LogP contribution in [0.1, 0.15) is 10.4 Å². The van der Waals surface area contributed by atoms with Crippen molar-refractivity contribution in [1.82, 2.24) is 10.3 Å². The van der Waals surface area contributed by atoms with E-state index in [4.69, 9.17) is 0 Å². The van der Waals surface area contributed by atoms with E-state index in [1.54, 1.807) is 11.3 Å². The van der Waals surface area contributed by atoms with E-state index in [1.807, 2.05) is 34.7 Å². The molecule has 2 rings (SSSR count). The summed E-state index contributed by atoms with van der Waals surface area (Å²) in [7, 11) is 0. The molecule has 0 radical (unpaired) electrons. The number of aryl methyl sites for hydroxylation is 1. The first kappa shape index (κ1) is 12.1. The van der Waals surface area contributed by atoms with Crippen LogP contribution in [0.5, 0.6) is 0 Å². The Labute approximate surface area is 108 Å². The van der Waals surface area contributed by atoms with Crippen molar-refractivity contribution >= 4 is 34.4 Å². The standard InChI is InChI=1S/C11H14N2S3/c1-9-2-5-14-10(9)8-12-3-6-15-11-13-4-7-16-11/h2,4-5,7,12H,3,6,8H2,1H3. The molecule has 0 saturated heterocycles. The minimum Gasteiger partial charge on any atom is -0.311 e. The van der Waals surface area contributed by atoms with Gasteiger partial charge in [0.05, 0.1) is 0 Å². The molecule has 5 heteroatoms. The molecule has 0 bridgehead atoms. The lowest BCUT2D eigenvalue weighted by Crippen LogP contribution is -2.16. The van der Waals surface area contributed by atoms with E-state index in [-0.39, 0.29) is 0 Å². The number of thioether (sulfide) groups is 1. The molecule has 0 aliphatic rings. The Bertz CT molecular complexity index is 409. The molecule has 0 aromatic carbocycles.